The molecule has 5 rings (SSSR count). The van der Waals surface area contributed by atoms with E-state index < -0.39 is 0 Å². The Bertz CT molecular complexity index is 1190. The number of nitrogens with zero attached hydrogens (tertiary/aromatic N) is 4. The number of fused-ring (bicyclic) bond motifs is 1. The molecule has 1 fully saturated rings. The van der Waals surface area contributed by atoms with Crippen molar-refractivity contribution in [3.8, 4) is 5.69 Å². The molecule has 2 heterocycles. The number of aryl methyl sites for hydroxylation is 2. The summed E-state index contributed by atoms with van der Waals surface area (Å²) in [6.45, 7) is 0. The van der Waals surface area contributed by atoms with Crippen molar-refractivity contribution in [3.05, 3.63) is 82.0 Å². The molecule has 5 nitrogen and oxygen atoms in total. The van der Waals surface area contributed by atoms with E-state index in [1.165, 1.54) is 29.7 Å². The number of para-hydroxylation sites is 1. The summed E-state index contributed by atoms with van der Waals surface area (Å²) in [5, 5.41) is 4.70. The molecule has 0 amide bonds. The number of hydrogen-bond acceptors (Lipinski definition) is 2. The molecule has 2 aromatic heterocycles. The smallest absolute Gasteiger partial charge is 0.295 e. The van der Waals surface area contributed by atoms with Crippen LogP contribution in [0.5, 0.6) is 0 Å². The van der Waals surface area contributed by atoms with Crippen LogP contribution in [0.3, 0.4) is 0 Å². The van der Waals surface area contributed by atoms with Gasteiger partial charge in [0.15, 0.2) is 0 Å². The summed E-state index contributed by atoms with van der Waals surface area (Å²) in [7, 11) is 3.65. The maximum Gasteiger partial charge on any atom is 0.328 e. The van der Waals surface area contributed by atoms with E-state index in [-0.39, 0.29) is 5.69 Å². The maximum absolute atomic E-state index is 12.2. The first kappa shape index (κ1) is 16.1. The Morgan fingerprint density at radius 2 is 1.74 bits per heavy atom. The Kier molecular flexibility index (Phi) is 3.57. The first-order chi connectivity index (χ1) is 13.1. The van der Waals surface area contributed by atoms with Gasteiger partial charge in [0, 0.05) is 26.4 Å². The Labute approximate surface area is 157 Å². The molecular formula is C22H22N4O. The second kappa shape index (κ2) is 5.98. The van der Waals surface area contributed by atoms with Crippen LogP contribution >= 0.6 is 0 Å². The maximum atomic E-state index is 12.2. The summed E-state index contributed by atoms with van der Waals surface area (Å²) < 4.78 is 5.51. The quantitative estimate of drug-likeness (QED) is 0.560. The minimum absolute atomic E-state index is 0.0118. The highest BCUT2D eigenvalue weighted by molar-refractivity contribution is 5.77. The van der Waals surface area contributed by atoms with Gasteiger partial charge in [0.1, 0.15) is 0 Å². The molecule has 0 N–H and O–H groups in total. The lowest BCUT2D eigenvalue weighted by Crippen LogP contribution is -2.19. The third-order valence-electron chi connectivity index (χ3n) is 5.58. The zero-order chi connectivity index (χ0) is 18.5. The second-order valence-electron chi connectivity index (χ2n) is 7.48. The SMILES string of the molecule is Cn1c(=O)n(C)c2cc(Cc3cnn(-c4ccccc4)c3C3CC3)ccc21. The molecule has 2 aromatic carbocycles. The summed E-state index contributed by atoms with van der Waals surface area (Å²) in [5.74, 6) is 0.604. The van der Waals surface area contributed by atoms with Gasteiger partial charge in [0.2, 0.25) is 0 Å². The van der Waals surface area contributed by atoms with Gasteiger partial charge in [0.25, 0.3) is 0 Å². The number of aromatic nitrogens is 4. The third-order valence-corrected chi connectivity index (χ3v) is 5.58. The van der Waals surface area contributed by atoms with E-state index in [1.54, 1.807) is 9.13 Å². The van der Waals surface area contributed by atoms with E-state index >= 15 is 0 Å². The largest absolute Gasteiger partial charge is 0.328 e. The van der Waals surface area contributed by atoms with Crippen molar-refractivity contribution in [2.45, 2.75) is 25.2 Å². The molecule has 0 aliphatic heterocycles. The van der Waals surface area contributed by atoms with Gasteiger partial charge < -0.3 is 0 Å². The minimum Gasteiger partial charge on any atom is -0.295 e. The normalized spacial score (nSPS) is 14.1. The van der Waals surface area contributed by atoms with Gasteiger partial charge in [-0.15, -0.1) is 0 Å². The zero-order valence-corrected chi connectivity index (χ0v) is 15.6. The summed E-state index contributed by atoms with van der Waals surface area (Å²) >= 11 is 0. The van der Waals surface area contributed by atoms with Crippen molar-refractivity contribution < 1.29 is 0 Å². The van der Waals surface area contributed by atoms with Crippen LogP contribution < -0.4 is 5.69 Å². The van der Waals surface area contributed by atoms with Gasteiger partial charge >= 0.3 is 5.69 Å². The van der Waals surface area contributed by atoms with Crippen LogP contribution in [0.25, 0.3) is 16.7 Å². The lowest BCUT2D eigenvalue weighted by Gasteiger charge is -2.09. The first-order valence-electron chi connectivity index (χ1n) is 9.40. The van der Waals surface area contributed by atoms with Gasteiger partial charge in [-0.2, -0.15) is 5.10 Å². The number of imidazole rings is 1. The molecule has 5 heteroatoms. The predicted octanol–water partition coefficient (Wildman–Crippen LogP) is 3.53. The van der Waals surface area contributed by atoms with Crippen LogP contribution in [-0.2, 0) is 20.5 Å². The highest BCUT2D eigenvalue weighted by Gasteiger charge is 2.30. The van der Waals surface area contributed by atoms with Crippen LogP contribution in [0.1, 0.15) is 35.6 Å². The zero-order valence-electron chi connectivity index (χ0n) is 15.6. The highest BCUT2D eigenvalue weighted by atomic mass is 16.1. The van der Waals surface area contributed by atoms with Gasteiger partial charge in [-0.1, -0.05) is 24.3 Å². The predicted molar refractivity (Wildman–Crippen MR) is 107 cm³/mol. The van der Waals surface area contributed by atoms with Crippen LogP contribution in [0.15, 0.2) is 59.5 Å². The van der Waals surface area contributed by atoms with E-state index in [2.05, 4.69) is 41.1 Å². The van der Waals surface area contributed by atoms with E-state index in [0.29, 0.717) is 5.92 Å². The van der Waals surface area contributed by atoms with Gasteiger partial charge in [-0.05, 0) is 48.2 Å². The van der Waals surface area contributed by atoms with Crippen LogP contribution in [0.2, 0.25) is 0 Å². The van der Waals surface area contributed by atoms with Crippen molar-refractivity contribution in [2.75, 3.05) is 0 Å². The Morgan fingerprint density at radius 3 is 2.48 bits per heavy atom. The second-order valence-corrected chi connectivity index (χ2v) is 7.48. The van der Waals surface area contributed by atoms with Crippen LogP contribution in [0.4, 0.5) is 0 Å². The van der Waals surface area contributed by atoms with E-state index in [4.69, 9.17) is 5.10 Å². The molecule has 27 heavy (non-hydrogen) atoms. The molecule has 0 radical (unpaired) electrons. The number of hydrogen-bond donors (Lipinski definition) is 0. The molecule has 136 valence electrons. The molecule has 1 saturated carbocycles. The lowest BCUT2D eigenvalue weighted by molar-refractivity contribution is 0.795. The van der Waals surface area contributed by atoms with E-state index in [9.17, 15) is 4.79 Å². The molecule has 0 bridgehead atoms. The molecule has 1 aliphatic carbocycles. The van der Waals surface area contributed by atoms with E-state index in [1.807, 2.05) is 32.4 Å². The monoisotopic (exact) mass is 358 g/mol. The highest BCUT2D eigenvalue weighted by Crippen LogP contribution is 2.43. The minimum atomic E-state index is 0.0118. The van der Waals surface area contributed by atoms with Crippen molar-refractivity contribution in [2.24, 2.45) is 14.1 Å². The average molecular weight is 358 g/mol. The standard InChI is InChI=1S/C22H22N4O/c1-24-19-11-8-15(13-20(19)25(2)22(24)27)12-17-14-23-26(21(17)16-9-10-16)18-6-4-3-5-7-18/h3-8,11,13-14,16H,9-10,12H2,1-2H3. The fraction of sp³-hybridized carbons (Fsp3) is 0.273. The Morgan fingerprint density at radius 1 is 1.00 bits per heavy atom. The topological polar surface area (TPSA) is 44.8 Å². The summed E-state index contributed by atoms with van der Waals surface area (Å²) in [6.07, 6.45) is 5.31. The molecule has 4 aromatic rings. The Hall–Kier alpha value is -3.08. The number of benzene rings is 2. The molecule has 0 unspecified atom stereocenters. The number of rotatable bonds is 4. The Balaban J connectivity index is 1.56. The van der Waals surface area contributed by atoms with Crippen molar-refractivity contribution in [1.29, 1.82) is 0 Å². The lowest BCUT2D eigenvalue weighted by atomic mass is 10.0. The average Bonchev–Trinajstić information content (AvgIpc) is 3.42. The van der Waals surface area contributed by atoms with Gasteiger partial charge in [0.05, 0.1) is 28.6 Å². The van der Waals surface area contributed by atoms with Crippen molar-refractivity contribution in [3.63, 3.8) is 0 Å². The van der Waals surface area contributed by atoms with Crippen LogP contribution in [-0.4, -0.2) is 18.9 Å². The summed E-state index contributed by atoms with van der Waals surface area (Å²) in [4.78, 5) is 12.2. The van der Waals surface area contributed by atoms with Gasteiger partial charge in [-0.25, -0.2) is 9.48 Å². The molecule has 0 atom stereocenters. The molecule has 0 saturated heterocycles. The first-order valence-corrected chi connectivity index (χ1v) is 9.40. The third kappa shape index (κ3) is 2.62. The van der Waals surface area contributed by atoms with E-state index in [0.717, 1.165) is 23.1 Å². The summed E-state index contributed by atoms with van der Waals surface area (Å²) in [5.41, 5.74) is 6.89. The van der Waals surface area contributed by atoms with Crippen LogP contribution in [0, 0.1) is 0 Å². The summed E-state index contributed by atoms with van der Waals surface area (Å²) in [6, 6.07) is 16.7. The van der Waals surface area contributed by atoms with Crippen molar-refractivity contribution >= 4 is 11.0 Å². The van der Waals surface area contributed by atoms with Crippen molar-refractivity contribution in [1.82, 2.24) is 18.9 Å². The molecular weight excluding hydrogens is 336 g/mol. The fourth-order valence-corrected chi connectivity index (χ4v) is 3.98. The van der Waals surface area contributed by atoms with Gasteiger partial charge in [-0.3, -0.25) is 9.13 Å². The fourth-order valence-electron chi connectivity index (χ4n) is 3.98. The molecule has 1 aliphatic rings. The molecule has 0 spiro atoms.